The Labute approximate surface area is 263 Å². The highest BCUT2D eigenvalue weighted by molar-refractivity contribution is 6.42. The smallest absolute Gasteiger partial charge is 0.263 e. The number of anilines is 1. The number of aromatic amines is 1. The molecule has 3 N–H and O–H groups in total. The fourth-order valence-electron chi connectivity index (χ4n) is 5.48. The Morgan fingerprint density at radius 3 is 2.50 bits per heavy atom. The molecule has 5 aromatic rings. The zero-order valence-electron chi connectivity index (χ0n) is 24.2. The van der Waals surface area contributed by atoms with Crippen molar-refractivity contribution in [1.82, 2.24) is 30.0 Å². The van der Waals surface area contributed by atoms with Crippen LogP contribution in [-0.2, 0) is 13.0 Å². The highest BCUT2D eigenvalue weighted by Crippen LogP contribution is 2.29. The van der Waals surface area contributed by atoms with Gasteiger partial charge in [0, 0.05) is 35.2 Å². The maximum absolute atomic E-state index is 14.2. The Kier molecular flexibility index (Phi) is 7.87. The molecule has 12 heteroatoms. The minimum Gasteiger partial charge on any atom is -0.355 e. The SMILES string of the molecule is CNC(=O)c1ccc(-n2c(N[C@@H](C)c3ccc4[nH]ncc4c3)nc3c(c2=O)C[C@@H](C)N(C(=O)c2ccc(Cl)c(Cl)c2)C3)cc1. The fraction of sp³-hybridized carbons (Fsp3) is 0.219. The normalized spacial score (nSPS) is 15.1. The molecule has 2 aromatic heterocycles. The zero-order valence-corrected chi connectivity index (χ0v) is 25.7. The third-order valence-corrected chi connectivity index (χ3v) is 8.71. The van der Waals surface area contributed by atoms with Gasteiger partial charge in [-0.3, -0.25) is 19.5 Å². The molecule has 0 aliphatic carbocycles. The molecule has 44 heavy (non-hydrogen) atoms. The summed E-state index contributed by atoms with van der Waals surface area (Å²) in [5.41, 5.74) is 4.12. The highest BCUT2D eigenvalue weighted by Gasteiger charge is 2.32. The second kappa shape index (κ2) is 11.8. The largest absolute Gasteiger partial charge is 0.355 e. The molecule has 224 valence electrons. The topological polar surface area (TPSA) is 125 Å². The van der Waals surface area contributed by atoms with Crippen molar-refractivity contribution in [1.29, 1.82) is 0 Å². The van der Waals surface area contributed by atoms with Crippen LogP contribution in [0.3, 0.4) is 0 Å². The Balaban J connectivity index is 1.41. The third kappa shape index (κ3) is 5.42. The van der Waals surface area contributed by atoms with E-state index in [-0.39, 0.29) is 36.0 Å². The van der Waals surface area contributed by atoms with E-state index in [1.165, 1.54) is 4.57 Å². The molecule has 0 radical (unpaired) electrons. The highest BCUT2D eigenvalue weighted by atomic mass is 35.5. The fourth-order valence-corrected chi connectivity index (χ4v) is 5.77. The summed E-state index contributed by atoms with van der Waals surface area (Å²) in [6.45, 7) is 4.03. The summed E-state index contributed by atoms with van der Waals surface area (Å²) in [5, 5.41) is 14.7. The van der Waals surface area contributed by atoms with Gasteiger partial charge >= 0.3 is 0 Å². The van der Waals surface area contributed by atoms with Crippen molar-refractivity contribution in [2.24, 2.45) is 0 Å². The molecule has 0 fully saturated rings. The molecule has 3 aromatic carbocycles. The van der Waals surface area contributed by atoms with Crippen LogP contribution in [0, 0.1) is 0 Å². The van der Waals surface area contributed by atoms with Crippen molar-refractivity contribution in [3.8, 4) is 5.69 Å². The summed E-state index contributed by atoms with van der Waals surface area (Å²) in [6.07, 6.45) is 2.07. The summed E-state index contributed by atoms with van der Waals surface area (Å²) in [7, 11) is 1.56. The second-order valence-electron chi connectivity index (χ2n) is 10.8. The number of halogens is 2. The number of fused-ring (bicyclic) bond motifs is 2. The van der Waals surface area contributed by atoms with E-state index in [9.17, 15) is 14.4 Å². The monoisotopic (exact) mass is 629 g/mol. The molecular formula is C32H29Cl2N7O3. The van der Waals surface area contributed by atoms with Gasteiger partial charge in [0.25, 0.3) is 17.4 Å². The number of nitrogens with zero attached hydrogens (tertiary/aromatic N) is 4. The van der Waals surface area contributed by atoms with Crippen LogP contribution in [0.1, 0.15) is 57.4 Å². The molecule has 0 saturated heterocycles. The van der Waals surface area contributed by atoms with Crippen LogP contribution in [0.2, 0.25) is 10.0 Å². The lowest BCUT2D eigenvalue weighted by Gasteiger charge is -2.35. The average molecular weight is 631 g/mol. The van der Waals surface area contributed by atoms with Crippen molar-refractivity contribution in [2.75, 3.05) is 12.4 Å². The van der Waals surface area contributed by atoms with E-state index in [0.29, 0.717) is 50.5 Å². The van der Waals surface area contributed by atoms with Gasteiger partial charge in [-0.15, -0.1) is 0 Å². The number of aromatic nitrogens is 4. The summed E-state index contributed by atoms with van der Waals surface area (Å²) in [6, 6.07) is 17.0. The first kappa shape index (κ1) is 29.4. The van der Waals surface area contributed by atoms with Crippen molar-refractivity contribution in [3.63, 3.8) is 0 Å². The quantitative estimate of drug-likeness (QED) is 0.227. The van der Waals surface area contributed by atoms with Crippen molar-refractivity contribution >= 4 is 51.9 Å². The molecule has 2 atom stereocenters. The number of hydrogen-bond donors (Lipinski definition) is 3. The predicted octanol–water partition coefficient (Wildman–Crippen LogP) is 5.54. The van der Waals surface area contributed by atoms with Crippen molar-refractivity contribution < 1.29 is 9.59 Å². The number of nitrogens with one attached hydrogen (secondary N) is 3. The van der Waals surface area contributed by atoms with Gasteiger partial charge in [0.2, 0.25) is 5.95 Å². The van der Waals surface area contributed by atoms with Crippen molar-refractivity contribution in [2.45, 2.75) is 38.9 Å². The van der Waals surface area contributed by atoms with Crippen LogP contribution < -0.4 is 16.2 Å². The molecule has 1 aliphatic heterocycles. The van der Waals surface area contributed by atoms with Gasteiger partial charge in [-0.25, -0.2) is 9.55 Å². The number of carbonyl (C=O) groups excluding carboxylic acids is 2. The molecule has 3 heterocycles. The second-order valence-corrected chi connectivity index (χ2v) is 11.6. The first-order valence-corrected chi connectivity index (χ1v) is 14.8. The maximum atomic E-state index is 14.2. The predicted molar refractivity (Wildman–Crippen MR) is 171 cm³/mol. The Hall–Kier alpha value is -4.67. The van der Waals surface area contributed by atoms with Gasteiger partial charge in [-0.2, -0.15) is 5.10 Å². The van der Waals surface area contributed by atoms with Gasteiger partial charge in [0.05, 0.1) is 45.7 Å². The van der Waals surface area contributed by atoms with E-state index < -0.39 is 0 Å². The molecule has 0 bridgehead atoms. The number of rotatable bonds is 6. The van der Waals surface area contributed by atoms with Gasteiger partial charge in [-0.05, 0) is 80.4 Å². The maximum Gasteiger partial charge on any atom is 0.263 e. The van der Waals surface area contributed by atoms with Crippen molar-refractivity contribution in [3.05, 3.63) is 115 Å². The van der Waals surface area contributed by atoms with Crippen LogP contribution in [0.15, 0.2) is 71.7 Å². The third-order valence-electron chi connectivity index (χ3n) is 7.97. The number of benzene rings is 3. The first-order valence-electron chi connectivity index (χ1n) is 14.1. The standard InChI is InChI=1S/C32H29Cl2N7O3/c1-17-12-24-28(16-40(17)30(43)21-6-10-25(33)26(34)14-21)38-32(37-18(2)20-7-11-27-22(13-20)15-36-39-27)41(31(24)44)23-8-4-19(5-9-23)29(42)35-3/h4-11,13-15,17-18H,12,16H2,1-3H3,(H,35,42)(H,36,39)(H,37,38)/t17-,18+/m1/s1. The molecule has 2 amide bonds. The summed E-state index contributed by atoms with van der Waals surface area (Å²) >= 11 is 12.3. The van der Waals surface area contributed by atoms with Crippen LogP contribution >= 0.6 is 23.2 Å². The molecule has 0 saturated carbocycles. The lowest BCUT2D eigenvalue weighted by molar-refractivity contribution is 0.0653. The molecular weight excluding hydrogens is 601 g/mol. The zero-order chi connectivity index (χ0) is 31.1. The Bertz CT molecular complexity index is 1970. The van der Waals surface area contributed by atoms with Crippen LogP contribution in [0.4, 0.5) is 5.95 Å². The number of carbonyl (C=O) groups is 2. The molecule has 6 rings (SSSR count). The van der Waals surface area contributed by atoms with Gasteiger partial charge in [0.15, 0.2) is 0 Å². The van der Waals surface area contributed by atoms with Gasteiger partial charge < -0.3 is 15.5 Å². The van der Waals surface area contributed by atoms with E-state index in [1.807, 2.05) is 32.0 Å². The lowest BCUT2D eigenvalue weighted by Crippen LogP contribution is -2.46. The van der Waals surface area contributed by atoms with E-state index in [1.54, 1.807) is 60.6 Å². The molecule has 1 aliphatic rings. The molecule has 0 spiro atoms. The summed E-state index contributed by atoms with van der Waals surface area (Å²) in [5.74, 6) is -0.138. The van der Waals surface area contributed by atoms with Gasteiger partial charge in [0.1, 0.15) is 0 Å². The Morgan fingerprint density at radius 1 is 1.02 bits per heavy atom. The molecule has 10 nitrogen and oxygen atoms in total. The number of H-pyrrole nitrogens is 1. The van der Waals surface area contributed by atoms with E-state index in [2.05, 4.69) is 20.8 Å². The van der Waals surface area contributed by atoms with E-state index >= 15 is 0 Å². The Morgan fingerprint density at radius 2 is 1.77 bits per heavy atom. The number of amides is 2. The summed E-state index contributed by atoms with van der Waals surface area (Å²) in [4.78, 5) is 46.6. The van der Waals surface area contributed by atoms with Crippen LogP contribution in [0.5, 0.6) is 0 Å². The minimum absolute atomic E-state index is 0.144. The summed E-state index contributed by atoms with van der Waals surface area (Å²) < 4.78 is 1.53. The average Bonchev–Trinajstić information content (AvgIpc) is 3.50. The molecule has 0 unspecified atom stereocenters. The lowest BCUT2D eigenvalue weighted by atomic mass is 9.98. The van der Waals surface area contributed by atoms with Crippen LogP contribution in [-0.4, -0.2) is 49.6 Å². The minimum atomic E-state index is -0.276. The van der Waals surface area contributed by atoms with Gasteiger partial charge in [-0.1, -0.05) is 29.3 Å². The first-order chi connectivity index (χ1) is 21.1. The van der Waals surface area contributed by atoms with Crippen LogP contribution in [0.25, 0.3) is 16.6 Å². The number of hydrogen-bond acceptors (Lipinski definition) is 6. The van der Waals surface area contributed by atoms with E-state index in [0.717, 1.165) is 16.5 Å². The van der Waals surface area contributed by atoms with E-state index in [4.69, 9.17) is 28.2 Å².